The Kier molecular flexibility index (Phi) is 6.47. The van der Waals surface area contributed by atoms with Crippen molar-refractivity contribution in [2.45, 2.75) is 38.9 Å². The SMILES string of the molecule is CCN1CCC[C@H]1CN(Cc1ccc(OC)c(O)c1)Cc1ccccn1. The van der Waals surface area contributed by atoms with E-state index in [9.17, 15) is 5.11 Å². The molecule has 0 amide bonds. The van der Waals surface area contributed by atoms with Crippen LogP contribution in [0.4, 0.5) is 0 Å². The lowest BCUT2D eigenvalue weighted by Gasteiger charge is -2.30. The number of likely N-dealkylation sites (N-methyl/N-ethyl adjacent to an activating group) is 1. The van der Waals surface area contributed by atoms with E-state index in [0.29, 0.717) is 11.8 Å². The molecule has 1 fully saturated rings. The first-order valence-electron chi connectivity index (χ1n) is 9.41. The van der Waals surface area contributed by atoms with Gasteiger partial charge in [-0.3, -0.25) is 14.8 Å². The van der Waals surface area contributed by atoms with Crippen molar-refractivity contribution in [2.75, 3.05) is 26.7 Å². The lowest BCUT2D eigenvalue weighted by Crippen LogP contribution is -2.39. The van der Waals surface area contributed by atoms with Crippen molar-refractivity contribution in [3.05, 3.63) is 53.9 Å². The molecule has 1 atom stereocenters. The zero-order chi connectivity index (χ0) is 18.4. The Morgan fingerprint density at radius 2 is 2.15 bits per heavy atom. The van der Waals surface area contributed by atoms with Crippen LogP contribution in [0.2, 0.25) is 0 Å². The molecule has 1 saturated heterocycles. The van der Waals surface area contributed by atoms with Crippen LogP contribution in [0.3, 0.4) is 0 Å². The largest absolute Gasteiger partial charge is 0.504 e. The van der Waals surface area contributed by atoms with E-state index in [4.69, 9.17) is 4.74 Å². The number of hydrogen-bond donors (Lipinski definition) is 1. The lowest BCUT2D eigenvalue weighted by molar-refractivity contribution is 0.164. The number of methoxy groups -OCH3 is 1. The van der Waals surface area contributed by atoms with Gasteiger partial charge >= 0.3 is 0 Å². The summed E-state index contributed by atoms with van der Waals surface area (Å²) in [6.45, 7) is 7.14. The fraction of sp³-hybridized carbons (Fsp3) is 0.476. The number of phenols is 1. The second-order valence-electron chi connectivity index (χ2n) is 6.92. The van der Waals surface area contributed by atoms with E-state index in [1.165, 1.54) is 19.4 Å². The first kappa shape index (κ1) is 18.7. The smallest absolute Gasteiger partial charge is 0.160 e. The van der Waals surface area contributed by atoms with Crippen molar-refractivity contribution >= 4 is 0 Å². The topological polar surface area (TPSA) is 48.8 Å². The third-order valence-electron chi connectivity index (χ3n) is 5.14. The minimum Gasteiger partial charge on any atom is -0.504 e. The van der Waals surface area contributed by atoms with Gasteiger partial charge < -0.3 is 9.84 Å². The minimum absolute atomic E-state index is 0.193. The van der Waals surface area contributed by atoms with Crippen LogP contribution in [0.5, 0.6) is 11.5 Å². The Bertz CT molecular complexity index is 693. The van der Waals surface area contributed by atoms with E-state index in [1.807, 2.05) is 30.5 Å². The van der Waals surface area contributed by atoms with Crippen LogP contribution >= 0.6 is 0 Å². The molecule has 2 aromatic rings. The summed E-state index contributed by atoms with van der Waals surface area (Å²) in [7, 11) is 1.57. The Hall–Kier alpha value is -2.11. The Balaban J connectivity index is 1.74. The van der Waals surface area contributed by atoms with E-state index in [0.717, 1.165) is 37.4 Å². The van der Waals surface area contributed by atoms with Gasteiger partial charge in [-0.25, -0.2) is 0 Å². The first-order chi connectivity index (χ1) is 12.7. The second kappa shape index (κ2) is 9.01. The number of hydrogen-bond acceptors (Lipinski definition) is 5. The van der Waals surface area contributed by atoms with E-state index in [-0.39, 0.29) is 5.75 Å². The summed E-state index contributed by atoms with van der Waals surface area (Å²) in [6, 6.07) is 12.3. The van der Waals surface area contributed by atoms with Crippen molar-refractivity contribution in [2.24, 2.45) is 0 Å². The van der Waals surface area contributed by atoms with Crippen molar-refractivity contribution in [1.82, 2.24) is 14.8 Å². The van der Waals surface area contributed by atoms with Crippen molar-refractivity contribution in [1.29, 1.82) is 0 Å². The van der Waals surface area contributed by atoms with Crippen LogP contribution in [0.15, 0.2) is 42.6 Å². The maximum Gasteiger partial charge on any atom is 0.160 e. The fourth-order valence-corrected chi connectivity index (χ4v) is 3.81. The van der Waals surface area contributed by atoms with E-state index >= 15 is 0 Å². The highest BCUT2D eigenvalue weighted by molar-refractivity contribution is 5.41. The molecular formula is C21H29N3O2. The molecule has 2 heterocycles. The quantitative estimate of drug-likeness (QED) is 0.787. The average molecular weight is 355 g/mol. The van der Waals surface area contributed by atoms with Crippen LogP contribution < -0.4 is 4.74 Å². The summed E-state index contributed by atoms with van der Waals surface area (Å²) in [5.41, 5.74) is 2.16. The normalized spacial score (nSPS) is 17.7. The van der Waals surface area contributed by atoms with Gasteiger partial charge in [0.15, 0.2) is 11.5 Å². The third kappa shape index (κ3) is 4.74. The number of likely N-dealkylation sites (tertiary alicyclic amines) is 1. The number of pyridine rings is 1. The number of rotatable bonds is 8. The number of nitrogens with zero attached hydrogens (tertiary/aromatic N) is 3. The maximum atomic E-state index is 10.1. The van der Waals surface area contributed by atoms with Crippen molar-refractivity contribution in [3.63, 3.8) is 0 Å². The zero-order valence-electron chi connectivity index (χ0n) is 15.8. The molecule has 140 valence electrons. The molecule has 0 bridgehead atoms. The molecule has 0 unspecified atom stereocenters. The summed E-state index contributed by atoms with van der Waals surface area (Å²) < 4.78 is 5.16. The highest BCUT2D eigenvalue weighted by atomic mass is 16.5. The number of aromatic nitrogens is 1. The molecule has 0 radical (unpaired) electrons. The average Bonchev–Trinajstić information content (AvgIpc) is 3.10. The highest BCUT2D eigenvalue weighted by Crippen LogP contribution is 2.27. The van der Waals surface area contributed by atoms with Crippen molar-refractivity contribution in [3.8, 4) is 11.5 Å². The monoisotopic (exact) mass is 355 g/mol. The molecule has 5 heteroatoms. The van der Waals surface area contributed by atoms with Crippen molar-refractivity contribution < 1.29 is 9.84 Å². The summed E-state index contributed by atoms with van der Waals surface area (Å²) >= 11 is 0. The molecule has 0 spiro atoms. The predicted octanol–water partition coefficient (Wildman–Crippen LogP) is 3.28. The van der Waals surface area contributed by atoms with Gasteiger partial charge in [0.1, 0.15) is 0 Å². The van der Waals surface area contributed by atoms with Gasteiger partial charge in [0, 0.05) is 31.9 Å². The Morgan fingerprint density at radius 3 is 2.85 bits per heavy atom. The lowest BCUT2D eigenvalue weighted by atomic mass is 10.1. The molecule has 0 saturated carbocycles. The molecule has 0 aliphatic carbocycles. The van der Waals surface area contributed by atoms with Crippen LogP contribution in [0, 0.1) is 0 Å². The summed E-state index contributed by atoms with van der Waals surface area (Å²) in [5, 5.41) is 10.1. The van der Waals surface area contributed by atoms with Crippen LogP contribution in [0.1, 0.15) is 31.0 Å². The van der Waals surface area contributed by atoms with Gasteiger partial charge in [-0.1, -0.05) is 19.1 Å². The van der Waals surface area contributed by atoms with E-state index in [1.54, 1.807) is 13.2 Å². The number of aromatic hydroxyl groups is 1. The minimum atomic E-state index is 0.193. The van der Waals surface area contributed by atoms with Gasteiger partial charge in [-0.2, -0.15) is 0 Å². The molecule has 26 heavy (non-hydrogen) atoms. The van der Waals surface area contributed by atoms with Crippen LogP contribution in [-0.4, -0.2) is 52.7 Å². The highest BCUT2D eigenvalue weighted by Gasteiger charge is 2.25. The molecular weight excluding hydrogens is 326 g/mol. The third-order valence-corrected chi connectivity index (χ3v) is 5.14. The first-order valence-corrected chi connectivity index (χ1v) is 9.41. The van der Waals surface area contributed by atoms with Gasteiger partial charge in [-0.15, -0.1) is 0 Å². The van der Waals surface area contributed by atoms with Crippen LogP contribution in [0.25, 0.3) is 0 Å². The van der Waals surface area contributed by atoms with E-state index in [2.05, 4.69) is 27.8 Å². The number of ether oxygens (including phenoxy) is 1. The van der Waals surface area contributed by atoms with Gasteiger partial charge in [0.05, 0.1) is 12.8 Å². The molecule has 1 aromatic carbocycles. The fourth-order valence-electron chi connectivity index (χ4n) is 3.81. The molecule has 5 nitrogen and oxygen atoms in total. The predicted molar refractivity (Wildman–Crippen MR) is 103 cm³/mol. The summed E-state index contributed by atoms with van der Waals surface area (Å²) in [4.78, 5) is 9.49. The molecule has 1 N–H and O–H groups in total. The van der Waals surface area contributed by atoms with Gasteiger partial charge in [-0.05, 0) is 55.8 Å². The molecule has 1 aliphatic heterocycles. The number of benzene rings is 1. The second-order valence-corrected chi connectivity index (χ2v) is 6.92. The molecule has 1 aromatic heterocycles. The molecule has 1 aliphatic rings. The van der Waals surface area contributed by atoms with Gasteiger partial charge in [0.25, 0.3) is 0 Å². The van der Waals surface area contributed by atoms with Crippen LogP contribution in [-0.2, 0) is 13.1 Å². The number of phenolic OH excluding ortho intramolecular Hbond substituents is 1. The Labute approximate surface area is 156 Å². The Morgan fingerprint density at radius 1 is 1.27 bits per heavy atom. The summed E-state index contributed by atoms with van der Waals surface area (Å²) in [5.74, 6) is 0.705. The standard InChI is InChI=1S/C21H29N3O2/c1-3-24-12-6-8-19(24)16-23(15-18-7-4-5-11-22-18)14-17-9-10-21(26-2)20(25)13-17/h4-5,7,9-11,13,19,25H,3,6,8,12,14-16H2,1-2H3/t19-/m0/s1. The van der Waals surface area contributed by atoms with Gasteiger partial charge in [0.2, 0.25) is 0 Å². The maximum absolute atomic E-state index is 10.1. The zero-order valence-corrected chi connectivity index (χ0v) is 15.8. The van der Waals surface area contributed by atoms with E-state index < -0.39 is 0 Å². The summed E-state index contributed by atoms with van der Waals surface area (Å²) in [6.07, 6.45) is 4.38. The molecule has 3 rings (SSSR count).